The van der Waals surface area contributed by atoms with Gasteiger partial charge in [0.1, 0.15) is 0 Å². The third kappa shape index (κ3) is 4.01. The first kappa shape index (κ1) is 18.7. The minimum atomic E-state index is -0.512. The number of anilines is 1. The fourth-order valence-corrected chi connectivity index (χ4v) is 3.76. The molecule has 0 atom stereocenters. The van der Waals surface area contributed by atoms with E-state index in [0.29, 0.717) is 22.2 Å². The van der Waals surface area contributed by atoms with Crippen molar-refractivity contribution in [2.24, 2.45) is 5.92 Å². The molecule has 7 heteroatoms. The molecule has 2 fully saturated rings. The zero-order chi connectivity index (χ0) is 18.7. The van der Waals surface area contributed by atoms with Crippen LogP contribution in [0.5, 0.6) is 0 Å². The first-order valence-electron chi connectivity index (χ1n) is 8.99. The Balaban J connectivity index is 1.74. The van der Waals surface area contributed by atoms with E-state index in [1.165, 1.54) is 4.90 Å². The highest BCUT2D eigenvalue weighted by Gasteiger charge is 2.28. The highest BCUT2D eigenvalue weighted by molar-refractivity contribution is 6.34. The standard InChI is InChI=1S/C19H23ClN3O3/c1-2-3-13-6-9-22(10-7-13)18(25)14-4-5-15(20)16(12-14)23-11-8-17(24)21-19(23)26/h4-5,12-13H,1-3,6-11H2,(H,21,24,26). The maximum Gasteiger partial charge on any atom is 0.328 e. The summed E-state index contributed by atoms with van der Waals surface area (Å²) in [6.07, 6.45) is 4.24. The molecule has 1 aromatic rings. The van der Waals surface area contributed by atoms with Gasteiger partial charge in [-0.2, -0.15) is 0 Å². The summed E-state index contributed by atoms with van der Waals surface area (Å²) in [5.41, 5.74) is 0.958. The van der Waals surface area contributed by atoms with Crippen LogP contribution in [0, 0.1) is 12.8 Å². The number of hydrogen-bond acceptors (Lipinski definition) is 3. The van der Waals surface area contributed by atoms with Gasteiger partial charge in [0.2, 0.25) is 5.91 Å². The van der Waals surface area contributed by atoms with Gasteiger partial charge in [-0.1, -0.05) is 31.4 Å². The van der Waals surface area contributed by atoms with Crippen LogP contribution in [0.15, 0.2) is 18.2 Å². The number of hydrogen-bond donors (Lipinski definition) is 1. The van der Waals surface area contributed by atoms with Crippen LogP contribution in [0.3, 0.4) is 0 Å². The van der Waals surface area contributed by atoms with E-state index in [9.17, 15) is 14.4 Å². The van der Waals surface area contributed by atoms with Crippen molar-refractivity contribution < 1.29 is 14.4 Å². The lowest BCUT2D eigenvalue weighted by Crippen LogP contribution is -2.49. The number of benzene rings is 1. The highest BCUT2D eigenvalue weighted by Crippen LogP contribution is 2.30. The van der Waals surface area contributed by atoms with E-state index in [-0.39, 0.29) is 24.8 Å². The lowest BCUT2D eigenvalue weighted by atomic mass is 9.92. The maximum absolute atomic E-state index is 12.8. The van der Waals surface area contributed by atoms with E-state index < -0.39 is 6.03 Å². The van der Waals surface area contributed by atoms with Crippen LogP contribution in [-0.4, -0.2) is 42.4 Å². The smallest absolute Gasteiger partial charge is 0.328 e. The second kappa shape index (κ2) is 8.08. The summed E-state index contributed by atoms with van der Waals surface area (Å²) in [6.45, 7) is 5.62. The van der Waals surface area contributed by atoms with E-state index in [1.807, 2.05) is 4.90 Å². The van der Waals surface area contributed by atoms with Crippen molar-refractivity contribution in [2.75, 3.05) is 24.5 Å². The lowest BCUT2D eigenvalue weighted by Gasteiger charge is -2.32. The number of piperidine rings is 1. The van der Waals surface area contributed by atoms with Crippen molar-refractivity contribution in [3.8, 4) is 0 Å². The molecule has 6 nitrogen and oxygen atoms in total. The largest absolute Gasteiger partial charge is 0.339 e. The minimum absolute atomic E-state index is 0.0514. The molecule has 0 aromatic heterocycles. The summed E-state index contributed by atoms with van der Waals surface area (Å²) in [5, 5.41) is 2.65. The molecular formula is C19H23ClN3O3. The number of urea groups is 1. The number of nitrogens with one attached hydrogen (secondary N) is 1. The van der Waals surface area contributed by atoms with E-state index in [4.69, 9.17) is 11.6 Å². The van der Waals surface area contributed by atoms with E-state index >= 15 is 0 Å². The molecule has 26 heavy (non-hydrogen) atoms. The van der Waals surface area contributed by atoms with E-state index in [1.54, 1.807) is 18.2 Å². The van der Waals surface area contributed by atoms with E-state index in [2.05, 4.69) is 12.2 Å². The Labute approximate surface area is 158 Å². The first-order valence-corrected chi connectivity index (χ1v) is 9.37. The van der Waals surface area contributed by atoms with Gasteiger partial charge in [-0.15, -0.1) is 0 Å². The molecule has 139 valence electrons. The molecule has 0 aliphatic carbocycles. The number of halogens is 1. The molecule has 3 rings (SSSR count). The molecule has 1 radical (unpaired) electrons. The summed E-state index contributed by atoms with van der Waals surface area (Å²) in [4.78, 5) is 39.5. The van der Waals surface area contributed by atoms with Crippen molar-refractivity contribution in [2.45, 2.75) is 32.1 Å². The Bertz CT molecular complexity index is 714. The number of imide groups is 1. The van der Waals surface area contributed by atoms with Crippen molar-refractivity contribution in [3.05, 3.63) is 35.7 Å². The third-order valence-corrected chi connectivity index (χ3v) is 5.37. The Morgan fingerprint density at radius 1 is 1.23 bits per heavy atom. The van der Waals surface area contributed by atoms with Gasteiger partial charge in [0, 0.05) is 31.6 Å². The van der Waals surface area contributed by atoms with Gasteiger partial charge < -0.3 is 4.90 Å². The second-order valence-corrected chi connectivity index (χ2v) is 7.21. The Morgan fingerprint density at radius 2 is 1.96 bits per heavy atom. The second-order valence-electron chi connectivity index (χ2n) is 6.80. The van der Waals surface area contributed by atoms with Gasteiger partial charge >= 0.3 is 6.03 Å². The zero-order valence-electron chi connectivity index (χ0n) is 14.7. The number of nitrogens with zero attached hydrogens (tertiary/aromatic N) is 2. The van der Waals surface area contributed by atoms with Crippen molar-refractivity contribution >= 4 is 35.1 Å². The van der Waals surface area contributed by atoms with Crippen LogP contribution in [0.4, 0.5) is 10.5 Å². The fourth-order valence-electron chi connectivity index (χ4n) is 3.54. The molecule has 2 aliphatic heterocycles. The fraction of sp³-hybridized carbons (Fsp3) is 0.474. The molecule has 2 saturated heterocycles. The molecule has 1 aromatic carbocycles. The van der Waals surface area contributed by atoms with Gasteiger partial charge in [0.15, 0.2) is 0 Å². The summed E-state index contributed by atoms with van der Waals surface area (Å²) in [6, 6.07) is 4.44. The average molecular weight is 377 g/mol. The van der Waals surface area contributed by atoms with Gasteiger partial charge in [-0.25, -0.2) is 4.79 Å². The Kier molecular flexibility index (Phi) is 5.81. The predicted octanol–water partition coefficient (Wildman–Crippen LogP) is 3.25. The number of carbonyl (C=O) groups is 3. The molecule has 4 amide bonds. The summed E-state index contributed by atoms with van der Waals surface area (Å²) >= 11 is 6.24. The SMILES string of the molecule is [CH2]CCC1CCN(C(=O)c2ccc(Cl)c(N3CCC(=O)NC3=O)c2)CC1. The Hall–Kier alpha value is -2.08. The van der Waals surface area contributed by atoms with Gasteiger partial charge in [0.25, 0.3) is 5.91 Å². The zero-order valence-corrected chi connectivity index (χ0v) is 15.4. The van der Waals surface area contributed by atoms with Gasteiger partial charge in [-0.05, 0) is 37.0 Å². The summed E-state index contributed by atoms with van der Waals surface area (Å²) in [7, 11) is 0. The molecule has 2 aliphatic rings. The van der Waals surface area contributed by atoms with Crippen LogP contribution >= 0.6 is 11.6 Å². The van der Waals surface area contributed by atoms with Crippen LogP contribution in [-0.2, 0) is 4.79 Å². The molecule has 0 unspecified atom stereocenters. The van der Waals surface area contributed by atoms with Crippen molar-refractivity contribution in [1.82, 2.24) is 10.2 Å². The average Bonchev–Trinajstić information content (AvgIpc) is 2.63. The monoisotopic (exact) mass is 376 g/mol. The summed E-state index contributed by atoms with van der Waals surface area (Å²) < 4.78 is 0. The molecule has 0 saturated carbocycles. The first-order chi connectivity index (χ1) is 12.5. The lowest BCUT2D eigenvalue weighted by molar-refractivity contribution is -0.120. The van der Waals surface area contributed by atoms with Gasteiger partial charge in [-0.3, -0.25) is 19.8 Å². The number of likely N-dealkylation sites (tertiary alicyclic amines) is 1. The maximum atomic E-state index is 12.8. The van der Waals surface area contributed by atoms with Crippen LogP contribution in [0.2, 0.25) is 5.02 Å². The van der Waals surface area contributed by atoms with Crippen LogP contribution < -0.4 is 10.2 Å². The topological polar surface area (TPSA) is 69.7 Å². The quantitative estimate of drug-likeness (QED) is 0.876. The predicted molar refractivity (Wildman–Crippen MR) is 100 cm³/mol. The van der Waals surface area contributed by atoms with E-state index in [0.717, 1.165) is 38.8 Å². The van der Waals surface area contributed by atoms with Crippen molar-refractivity contribution in [3.63, 3.8) is 0 Å². The Morgan fingerprint density at radius 3 is 2.62 bits per heavy atom. The molecule has 0 spiro atoms. The van der Waals surface area contributed by atoms with Crippen LogP contribution in [0.1, 0.15) is 42.5 Å². The molecular weight excluding hydrogens is 354 g/mol. The van der Waals surface area contributed by atoms with Crippen LogP contribution in [0.25, 0.3) is 0 Å². The van der Waals surface area contributed by atoms with Crippen molar-refractivity contribution in [1.29, 1.82) is 0 Å². The number of rotatable bonds is 4. The number of amides is 4. The normalized spacial score (nSPS) is 18.8. The number of carbonyl (C=O) groups excluding carboxylic acids is 3. The highest BCUT2D eigenvalue weighted by atomic mass is 35.5. The molecule has 1 N–H and O–H groups in total. The van der Waals surface area contributed by atoms with Gasteiger partial charge in [0.05, 0.1) is 10.7 Å². The minimum Gasteiger partial charge on any atom is -0.339 e. The molecule has 2 heterocycles. The third-order valence-electron chi connectivity index (χ3n) is 5.05. The molecule has 0 bridgehead atoms. The summed E-state index contributed by atoms with van der Waals surface area (Å²) in [5.74, 6) is 0.288.